The first-order valence-corrected chi connectivity index (χ1v) is 8.67. The quantitative estimate of drug-likeness (QED) is 0.767. The molecule has 0 radical (unpaired) electrons. The van der Waals surface area contributed by atoms with Crippen molar-refractivity contribution in [2.24, 2.45) is 0 Å². The molecule has 1 aromatic carbocycles. The van der Waals surface area contributed by atoms with Gasteiger partial charge in [-0.1, -0.05) is 0 Å². The van der Waals surface area contributed by atoms with Crippen LogP contribution >= 0.6 is 0 Å². The Hall–Kier alpha value is -1.81. The van der Waals surface area contributed by atoms with Gasteiger partial charge in [0.25, 0.3) is 5.91 Å². The number of hydrogen-bond donors (Lipinski definition) is 1. The number of hydrogen-bond acceptors (Lipinski definition) is 3. The highest BCUT2D eigenvalue weighted by atomic mass is 19.4. The molecule has 156 valence electrons. The summed E-state index contributed by atoms with van der Waals surface area (Å²) >= 11 is 0. The second kappa shape index (κ2) is 6.62. The van der Waals surface area contributed by atoms with Crippen LogP contribution in [-0.2, 0) is 21.9 Å². The van der Waals surface area contributed by atoms with Crippen LogP contribution in [0.4, 0.5) is 26.3 Å². The minimum atomic E-state index is -4.93. The Morgan fingerprint density at radius 2 is 1.68 bits per heavy atom. The number of amides is 1. The number of nitrogens with zero attached hydrogens (tertiary/aromatic N) is 1. The number of ether oxygens (including phenoxy) is 1. The Morgan fingerprint density at radius 1 is 1.14 bits per heavy atom. The van der Waals surface area contributed by atoms with Crippen molar-refractivity contribution in [1.29, 1.82) is 0 Å². The van der Waals surface area contributed by atoms with Crippen molar-refractivity contribution in [3.8, 4) is 0 Å². The SMILES string of the molecule is C[C@@H](O[C@@H]1C[C@@H]2CC(C)(O)C(=O)N2C1)c1cc(C(F)(F)F)cc(C(F)(F)F)c1. The molecule has 2 heterocycles. The molecule has 2 fully saturated rings. The Labute approximate surface area is 157 Å². The van der Waals surface area contributed by atoms with Crippen molar-refractivity contribution in [2.45, 2.75) is 62.9 Å². The number of fused-ring (bicyclic) bond motifs is 1. The fourth-order valence-corrected chi connectivity index (χ4v) is 3.85. The Morgan fingerprint density at radius 3 is 2.14 bits per heavy atom. The second-order valence-corrected chi connectivity index (χ2v) is 7.56. The average molecular weight is 411 g/mol. The van der Waals surface area contributed by atoms with Gasteiger partial charge in [-0.15, -0.1) is 0 Å². The zero-order valence-electron chi connectivity index (χ0n) is 15.1. The fraction of sp³-hybridized carbons (Fsp3) is 0.611. The molecule has 2 saturated heterocycles. The first-order valence-electron chi connectivity index (χ1n) is 8.67. The van der Waals surface area contributed by atoms with Crippen LogP contribution in [0.25, 0.3) is 0 Å². The van der Waals surface area contributed by atoms with Gasteiger partial charge in [-0.2, -0.15) is 26.3 Å². The summed E-state index contributed by atoms with van der Waals surface area (Å²) in [5.74, 6) is -0.449. The summed E-state index contributed by atoms with van der Waals surface area (Å²) in [6, 6.07) is 1.10. The van der Waals surface area contributed by atoms with E-state index in [1.807, 2.05) is 0 Å². The first-order chi connectivity index (χ1) is 12.7. The fourth-order valence-electron chi connectivity index (χ4n) is 3.85. The van der Waals surface area contributed by atoms with Crippen LogP contribution in [0.3, 0.4) is 0 Å². The molecule has 1 aromatic rings. The average Bonchev–Trinajstić information content (AvgIpc) is 3.01. The van der Waals surface area contributed by atoms with E-state index in [0.717, 1.165) is 0 Å². The molecule has 0 bridgehead atoms. The number of carbonyl (C=O) groups is 1. The largest absolute Gasteiger partial charge is 0.416 e. The van der Waals surface area contributed by atoms with E-state index < -0.39 is 47.2 Å². The van der Waals surface area contributed by atoms with Crippen molar-refractivity contribution in [3.63, 3.8) is 0 Å². The lowest BCUT2D eigenvalue weighted by molar-refractivity contribution is -0.144. The monoisotopic (exact) mass is 411 g/mol. The van der Waals surface area contributed by atoms with Gasteiger partial charge in [-0.3, -0.25) is 4.79 Å². The van der Waals surface area contributed by atoms with Crippen molar-refractivity contribution in [2.75, 3.05) is 6.54 Å². The third-order valence-corrected chi connectivity index (χ3v) is 5.21. The molecule has 1 unspecified atom stereocenters. The zero-order valence-corrected chi connectivity index (χ0v) is 15.1. The van der Waals surface area contributed by atoms with Gasteiger partial charge in [0.1, 0.15) is 5.60 Å². The van der Waals surface area contributed by atoms with Gasteiger partial charge in [0, 0.05) is 19.0 Å². The van der Waals surface area contributed by atoms with Gasteiger partial charge in [0.05, 0.1) is 23.3 Å². The Kier molecular flexibility index (Phi) is 4.94. The standard InChI is InChI=1S/C18H19F6NO3/c1-9(28-14-6-13-7-16(2,27)15(26)25(13)8-14)10-3-11(17(19,20)21)5-12(4-10)18(22,23)24/h3-5,9,13-14,27H,6-8H2,1-2H3/t9-,13-,14-,16?/m1/s1. The maximum atomic E-state index is 13.0. The predicted molar refractivity (Wildman–Crippen MR) is 85.1 cm³/mol. The van der Waals surface area contributed by atoms with Gasteiger partial charge in [0.2, 0.25) is 0 Å². The molecule has 0 aromatic heterocycles. The van der Waals surface area contributed by atoms with E-state index in [4.69, 9.17) is 4.74 Å². The summed E-state index contributed by atoms with van der Waals surface area (Å²) in [5.41, 5.74) is -4.49. The van der Waals surface area contributed by atoms with Crippen LogP contribution < -0.4 is 0 Å². The smallest absolute Gasteiger partial charge is 0.380 e. The van der Waals surface area contributed by atoms with Gasteiger partial charge in [-0.25, -0.2) is 0 Å². The van der Waals surface area contributed by atoms with Crippen LogP contribution in [0.15, 0.2) is 18.2 Å². The highest BCUT2D eigenvalue weighted by molar-refractivity contribution is 5.87. The summed E-state index contributed by atoms with van der Waals surface area (Å²) in [7, 11) is 0. The van der Waals surface area contributed by atoms with Crippen molar-refractivity contribution >= 4 is 5.91 Å². The van der Waals surface area contributed by atoms with E-state index in [-0.39, 0.29) is 30.6 Å². The second-order valence-electron chi connectivity index (χ2n) is 7.56. The van der Waals surface area contributed by atoms with E-state index in [1.165, 1.54) is 18.7 Å². The lowest BCUT2D eigenvalue weighted by atomic mass is 9.99. The summed E-state index contributed by atoms with van der Waals surface area (Å²) in [6.07, 6.45) is -10.9. The van der Waals surface area contributed by atoms with E-state index in [2.05, 4.69) is 0 Å². The molecule has 0 aliphatic carbocycles. The normalized spacial score (nSPS) is 29.3. The number of benzene rings is 1. The van der Waals surface area contributed by atoms with Gasteiger partial charge < -0.3 is 14.7 Å². The third-order valence-electron chi connectivity index (χ3n) is 5.21. The third kappa shape index (κ3) is 3.98. The molecule has 0 spiro atoms. The minimum Gasteiger partial charge on any atom is -0.380 e. The molecule has 0 saturated carbocycles. The number of aliphatic hydroxyl groups is 1. The topological polar surface area (TPSA) is 49.8 Å². The van der Waals surface area contributed by atoms with Crippen molar-refractivity contribution < 1.29 is 41.0 Å². The molecule has 10 heteroatoms. The van der Waals surface area contributed by atoms with E-state index >= 15 is 0 Å². The maximum Gasteiger partial charge on any atom is 0.416 e. The van der Waals surface area contributed by atoms with Gasteiger partial charge >= 0.3 is 12.4 Å². The molecular formula is C18H19F6NO3. The summed E-state index contributed by atoms with van der Waals surface area (Å²) in [4.78, 5) is 13.5. The molecule has 4 nitrogen and oxygen atoms in total. The zero-order chi connectivity index (χ0) is 21.1. The van der Waals surface area contributed by atoms with E-state index in [1.54, 1.807) is 0 Å². The van der Waals surface area contributed by atoms with Crippen LogP contribution in [0.1, 0.15) is 49.5 Å². The number of halogens is 6. The molecule has 28 heavy (non-hydrogen) atoms. The molecule has 2 aliphatic rings. The lowest BCUT2D eigenvalue weighted by Gasteiger charge is -2.23. The van der Waals surface area contributed by atoms with Gasteiger partial charge in [-0.05, 0) is 44.0 Å². The lowest BCUT2D eigenvalue weighted by Crippen LogP contribution is -2.38. The van der Waals surface area contributed by atoms with E-state index in [0.29, 0.717) is 18.6 Å². The van der Waals surface area contributed by atoms with E-state index in [9.17, 15) is 36.2 Å². The van der Waals surface area contributed by atoms with Crippen LogP contribution in [0.2, 0.25) is 0 Å². The number of carbonyl (C=O) groups excluding carboxylic acids is 1. The Balaban J connectivity index is 1.78. The number of rotatable bonds is 3. The molecular weight excluding hydrogens is 392 g/mol. The minimum absolute atomic E-state index is 0.0721. The predicted octanol–water partition coefficient (Wildman–Crippen LogP) is 3.93. The maximum absolute atomic E-state index is 13.0. The molecule has 4 atom stereocenters. The molecule has 1 amide bonds. The van der Waals surface area contributed by atoms with Crippen LogP contribution in [0, 0.1) is 0 Å². The number of alkyl halides is 6. The van der Waals surface area contributed by atoms with Crippen LogP contribution in [0.5, 0.6) is 0 Å². The highest BCUT2D eigenvalue weighted by Gasteiger charge is 2.51. The van der Waals surface area contributed by atoms with Gasteiger partial charge in [0.15, 0.2) is 0 Å². The molecule has 3 rings (SSSR count). The van der Waals surface area contributed by atoms with Crippen LogP contribution in [-0.4, -0.2) is 40.2 Å². The Bertz CT molecular complexity index is 741. The summed E-state index contributed by atoms with van der Waals surface area (Å²) in [5, 5.41) is 9.98. The summed E-state index contributed by atoms with van der Waals surface area (Å²) < 4.78 is 83.7. The first kappa shape index (κ1) is 20.9. The summed E-state index contributed by atoms with van der Waals surface area (Å²) in [6.45, 7) is 2.92. The molecule has 2 aliphatic heterocycles. The van der Waals surface area contributed by atoms with Crippen molar-refractivity contribution in [3.05, 3.63) is 34.9 Å². The molecule has 1 N–H and O–H groups in total. The highest BCUT2D eigenvalue weighted by Crippen LogP contribution is 2.40. The van der Waals surface area contributed by atoms with Crippen molar-refractivity contribution in [1.82, 2.24) is 4.90 Å².